The lowest BCUT2D eigenvalue weighted by Crippen LogP contribution is -2.42. The fraction of sp³-hybridized carbons (Fsp3) is 0.263. The summed E-state index contributed by atoms with van der Waals surface area (Å²) >= 11 is 5.97. The second kappa shape index (κ2) is 7.15. The first-order valence-corrected chi connectivity index (χ1v) is 8.31. The summed E-state index contributed by atoms with van der Waals surface area (Å²) in [6.45, 7) is 2.25. The van der Waals surface area contributed by atoms with Crippen molar-refractivity contribution in [3.8, 4) is 5.75 Å². The van der Waals surface area contributed by atoms with Crippen LogP contribution in [-0.2, 0) is 16.1 Å². The summed E-state index contributed by atoms with van der Waals surface area (Å²) in [4.78, 5) is 25.6. The fourth-order valence-electron chi connectivity index (χ4n) is 2.95. The Hall–Kier alpha value is -2.53. The van der Waals surface area contributed by atoms with Crippen LogP contribution in [0.3, 0.4) is 0 Å². The molecule has 0 aliphatic carbocycles. The molecule has 1 aliphatic rings. The van der Waals surface area contributed by atoms with Crippen molar-refractivity contribution in [3.05, 3.63) is 64.2 Å². The first-order valence-electron chi connectivity index (χ1n) is 7.93. The molecule has 1 atom stereocenters. The van der Waals surface area contributed by atoms with Crippen LogP contribution in [0, 0.1) is 6.92 Å². The van der Waals surface area contributed by atoms with Crippen molar-refractivity contribution in [2.24, 2.45) is 0 Å². The smallest absolute Gasteiger partial charge is 0.312 e. The molecule has 1 N–H and O–H groups in total. The van der Waals surface area contributed by atoms with Gasteiger partial charge in [-0.25, -0.2) is 0 Å². The summed E-state index contributed by atoms with van der Waals surface area (Å²) in [7, 11) is 0. The zero-order valence-corrected chi connectivity index (χ0v) is 14.5. The van der Waals surface area contributed by atoms with Gasteiger partial charge in [0, 0.05) is 18.1 Å². The molecule has 25 heavy (non-hydrogen) atoms. The number of hydrogen-bond acceptors (Lipinski definition) is 3. The van der Waals surface area contributed by atoms with Gasteiger partial charge in [-0.05, 0) is 41.8 Å². The molecule has 0 fully saturated rings. The van der Waals surface area contributed by atoms with Crippen LogP contribution in [0.1, 0.15) is 22.6 Å². The maximum Gasteiger partial charge on any atom is 0.312 e. The van der Waals surface area contributed by atoms with Crippen LogP contribution < -0.4 is 4.74 Å². The number of fused-ring (bicyclic) bond motifs is 1. The molecule has 2 aromatic rings. The monoisotopic (exact) mass is 359 g/mol. The molecular formula is C19H18ClNO4. The van der Waals surface area contributed by atoms with E-state index in [-0.39, 0.29) is 19.1 Å². The van der Waals surface area contributed by atoms with Crippen LogP contribution >= 0.6 is 11.6 Å². The Kier molecular flexibility index (Phi) is 4.95. The van der Waals surface area contributed by atoms with Gasteiger partial charge in [-0.3, -0.25) is 9.59 Å². The molecule has 0 spiro atoms. The molecule has 5 nitrogen and oxygen atoms in total. The lowest BCUT2D eigenvalue weighted by atomic mass is 9.90. The molecular weight excluding hydrogens is 342 g/mol. The molecule has 0 saturated heterocycles. The lowest BCUT2D eigenvalue weighted by Gasteiger charge is -2.32. The van der Waals surface area contributed by atoms with E-state index >= 15 is 0 Å². The quantitative estimate of drug-likeness (QED) is 0.910. The number of carbonyl (C=O) groups excluding carboxylic acids is 1. The second-order valence-corrected chi connectivity index (χ2v) is 6.47. The Balaban J connectivity index is 1.70. The van der Waals surface area contributed by atoms with E-state index in [1.807, 2.05) is 31.2 Å². The van der Waals surface area contributed by atoms with E-state index in [4.69, 9.17) is 16.3 Å². The van der Waals surface area contributed by atoms with E-state index in [9.17, 15) is 14.7 Å². The zero-order valence-electron chi connectivity index (χ0n) is 13.7. The third kappa shape index (κ3) is 3.77. The van der Waals surface area contributed by atoms with Crippen LogP contribution in [0.15, 0.2) is 42.5 Å². The number of ether oxygens (including phenoxy) is 1. The third-order valence-corrected chi connectivity index (χ3v) is 4.76. The largest absolute Gasteiger partial charge is 0.484 e. The Morgan fingerprint density at radius 1 is 1.28 bits per heavy atom. The van der Waals surface area contributed by atoms with Gasteiger partial charge in [0.05, 0.1) is 5.92 Å². The molecule has 0 saturated carbocycles. The van der Waals surface area contributed by atoms with Crippen molar-refractivity contribution in [1.29, 1.82) is 0 Å². The highest BCUT2D eigenvalue weighted by atomic mass is 35.5. The topological polar surface area (TPSA) is 66.8 Å². The third-order valence-electron chi connectivity index (χ3n) is 4.34. The maximum atomic E-state index is 12.5. The van der Waals surface area contributed by atoms with Crippen LogP contribution in [-0.4, -0.2) is 35.0 Å². The van der Waals surface area contributed by atoms with E-state index < -0.39 is 11.9 Å². The average Bonchev–Trinajstić information content (AvgIpc) is 2.61. The molecule has 0 aromatic heterocycles. The van der Waals surface area contributed by atoms with Crippen LogP contribution in [0.4, 0.5) is 0 Å². The summed E-state index contributed by atoms with van der Waals surface area (Å²) < 4.78 is 5.54. The minimum Gasteiger partial charge on any atom is -0.484 e. The molecule has 3 rings (SSSR count). The molecule has 1 aliphatic heterocycles. The number of halogens is 1. The maximum absolute atomic E-state index is 12.5. The molecule has 0 bridgehead atoms. The van der Waals surface area contributed by atoms with Gasteiger partial charge in [-0.1, -0.05) is 35.9 Å². The average molecular weight is 360 g/mol. The lowest BCUT2D eigenvalue weighted by molar-refractivity contribution is -0.142. The summed E-state index contributed by atoms with van der Waals surface area (Å²) in [5.74, 6) is -1.33. The van der Waals surface area contributed by atoms with Gasteiger partial charge in [0.15, 0.2) is 6.61 Å². The molecule has 2 aromatic carbocycles. The summed E-state index contributed by atoms with van der Waals surface area (Å²) in [6.07, 6.45) is 0. The van der Waals surface area contributed by atoms with Gasteiger partial charge < -0.3 is 14.7 Å². The van der Waals surface area contributed by atoms with Crippen molar-refractivity contribution < 1.29 is 19.4 Å². The van der Waals surface area contributed by atoms with Crippen molar-refractivity contribution in [2.45, 2.75) is 19.4 Å². The number of amides is 1. The first kappa shape index (κ1) is 17.3. The van der Waals surface area contributed by atoms with Gasteiger partial charge in [0.2, 0.25) is 0 Å². The zero-order chi connectivity index (χ0) is 18.0. The van der Waals surface area contributed by atoms with Gasteiger partial charge in [-0.2, -0.15) is 0 Å². The predicted octanol–water partition coefficient (Wildman–Crippen LogP) is 3.24. The van der Waals surface area contributed by atoms with Gasteiger partial charge >= 0.3 is 5.97 Å². The standard InChI is InChI=1S/C19H18ClNO4/c1-12-8-14(6-7-17(12)20)25-11-18(22)21-9-13-4-2-3-5-15(13)16(10-21)19(23)24/h2-8,16H,9-11H2,1H3,(H,23,24). The van der Waals surface area contributed by atoms with Crippen molar-refractivity contribution in [1.82, 2.24) is 4.90 Å². The molecule has 1 unspecified atom stereocenters. The number of hydrogen-bond donors (Lipinski definition) is 1. The molecule has 0 radical (unpaired) electrons. The van der Waals surface area contributed by atoms with Gasteiger partial charge in [0.1, 0.15) is 5.75 Å². The SMILES string of the molecule is Cc1cc(OCC(=O)N2Cc3ccccc3C(C(=O)O)C2)ccc1Cl. The van der Waals surface area contributed by atoms with Crippen LogP contribution in [0.2, 0.25) is 5.02 Å². The van der Waals surface area contributed by atoms with E-state index in [2.05, 4.69) is 0 Å². The fourth-order valence-corrected chi connectivity index (χ4v) is 3.07. The van der Waals surface area contributed by atoms with Crippen LogP contribution in [0.5, 0.6) is 5.75 Å². The Morgan fingerprint density at radius 2 is 2.04 bits per heavy atom. The highest BCUT2D eigenvalue weighted by Gasteiger charge is 2.32. The number of carboxylic acids is 1. The number of aryl methyl sites for hydroxylation is 1. The van der Waals surface area contributed by atoms with Gasteiger partial charge in [-0.15, -0.1) is 0 Å². The normalized spacial score (nSPS) is 16.2. The Bertz CT molecular complexity index is 821. The van der Waals surface area contributed by atoms with E-state index in [1.54, 1.807) is 18.2 Å². The first-order chi connectivity index (χ1) is 12.0. The molecule has 1 heterocycles. The second-order valence-electron chi connectivity index (χ2n) is 6.06. The van der Waals surface area contributed by atoms with Crippen molar-refractivity contribution >= 4 is 23.5 Å². The number of carbonyl (C=O) groups is 2. The summed E-state index contributed by atoms with van der Waals surface area (Å²) in [5.41, 5.74) is 2.49. The number of aliphatic carboxylic acids is 1. The van der Waals surface area contributed by atoms with E-state index in [1.165, 1.54) is 4.90 Å². The number of nitrogens with zero attached hydrogens (tertiary/aromatic N) is 1. The summed E-state index contributed by atoms with van der Waals surface area (Å²) in [6, 6.07) is 12.5. The number of rotatable bonds is 4. The van der Waals surface area contributed by atoms with E-state index in [0.717, 1.165) is 16.7 Å². The molecule has 6 heteroatoms. The predicted molar refractivity (Wildman–Crippen MR) is 93.9 cm³/mol. The summed E-state index contributed by atoms with van der Waals surface area (Å²) in [5, 5.41) is 10.1. The Morgan fingerprint density at radius 3 is 2.76 bits per heavy atom. The van der Waals surface area contributed by atoms with Gasteiger partial charge in [0.25, 0.3) is 5.91 Å². The number of benzene rings is 2. The highest BCUT2D eigenvalue weighted by molar-refractivity contribution is 6.31. The highest BCUT2D eigenvalue weighted by Crippen LogP contribution is 2.28. The van der Waals surface area contributed by atoms with E-state index in [0.29, 0.717) is 17.3 Å². The molecule has 1 amide bonds. The number of carboxylic acid groups (broad SMARTS) is 1. The van der Waals surface area contributed by atoms with Crippen molar-refractivity contribution in [2.75, 3.05) is 13.2 Å². The minimum atomic E-state index is -0.931. The van der Waals surface area contributed by atoms with Crippen LogP contribution in [0.25, 0.3) is 0 Å². The minimum absolute atomic E-state index is 0.143. The Labute approximate surface area is 150 Å². The molecule has 130 valence electrons. The van der Waals surface area contributed by atoms with Crippen molar-refractivity contribution in [3.63, 3.8) is 0 Å².